The zero-order valence-electron chi connectivity index (χ0n) is 9.95. The van der Waals surface area contributed by atoms with Crippen LogP contribution in [0.3, 0.4) is 0 Å². The van der Waals surface area contributed by atoms with Gasteiger partial charge >= 0.3 is 0 Å². The molecule has 0 aromatic heterocycles. The molecule has 0 N–H and O–H groups in total. The summed E-state index contributed by atoms with van der Waals surface area (Å²) in [7, 11) is 0. The van der Waals surface area contributed by atoms with Crippen LogP contribution in [0.1, 0.15) is 40.0 Å². The van der Waals surface area contributed by atoms with E-state index in [-0.39, 0.29) is 0 Å². The second kappa shape index (κ2) is 3.27. The van der Waals surface area contributed by atoms with Gasteiger partial charge in [-0.3, -0.25) is 0 Å². The first-order valence-corrected chi connectivity index (χ1v) is 5.76. The van der Waals surface area contributed by atoms with Gasteiger partial charge in [0.25, 0.3) is 0 Å². The van der Waals surface area contributed by atoms with Gasteiger partial charge in [-0.05, 0) is 30.1 Å². The molecule has 0 aromatic carbocycles. The van der Waals surface area contributed by atoms with E-state index in [9.17, 15) is 0 Å². The number of nitriles is 1. The zero-order chi connectivity index (χ0) is 11.1. The molecule has 82 valence electrons. The van der Waals surface area contributed by atoms with Crippen LogP contribution in [-0.2, 0) is 0 Å². The summed E-state index contributed by atoms with van der Waals surface area (Å²) in [6, 6.07) is 2.74. The summed E-state index contributed by atoms with van der Waals surface area (Å²) in [5.41, 5.74) is 0.930. The highest BCUT2D eigenvalue weighted by atomic mass is 15.2. The van der Waals surface area contributed by atoms with Gasteiger partial charge in [-0.25, -0.2) is 0 Å². The maximum atomic E-state index is 8.57. The lowest BCUT2D eigenvalue weighted by Gasteiger charge is -2.39. The number of hydrogen-bond donors (Lipinski definition) is 0. The summed E-state index contributed by atoms with van der Waals surface area (Å²) in [5.74, 6) is 0. The van der Waals surface area contributed by atoms with Gasteiger partial charge in [-0.15, -0.1) is 0 Å². The molecule has 1 saturated heterocycles. The molecule has 1 heterocycles. The van der Waals surface area contributed by atoms with Gasteiger partial charge in [0.1, 0.15) is 0 Å². The number of hydrogen-bond acceptors (Lipinski definition) is 2. The predicted molar refractivity (Wildman–Crippen MR) is 61.0 cm³/mol. The van der Waals surface area contributed by atoms with Crippen molar-refractivity contribution in [1.82, 2.24) is 4.90 Å². The van der Waals surface area contributed by atoms with E-state index >= 15 is 0 Å². The van der Waals surface area contributed by atoms with E-state index in [1.807, 2.05) is 6.20 Å². The molecule has 0 spiro atoms. The first kappa shape index (κ1) is 10.5. The van der Waals surface area contributed by atoms with Crippen LogP contribution in [0, 0.1) is 22.2 Å². The van der Waals surface area contributed by atoms with Crippen molar-refractivity contribution in [3.8, 4) is 6.07 Å². The third-order valence-corrected chi connectivity index (χ3v) is 3.80. The Morgan fingerprint density at radius 1 is 1.33 bits per heavy atom. The highest BCUT2D eigenvalue weighted by Gasteiger charge is 2.48. The van der Waals surface area contributed by atoms with Gasteiger partial charge in [-0.1, -0.05) is 20.8 Å². The van der Waals surface area contributed by atoms with Crippen LogP contribution in [0.25, 0.3) is 0 Å². The quantitative estimate of drug-likeness (QED) is 0.614. The van der Waals surface area contributed by atoms with Crippen LogP contribution < -0.4 is 0 Å². The minimum atomic E-state index is 0.464. The molecule has 2 bridgehead atoms. The van der Waals surface area contributed by atoms with Crippen molar-refractivity contribution in [2.24, 2.45) is 10.8 Å². The first-order valence-electron chi connectivity index (χ1n) is 5.76. The third kappa shape index (κ3) is 2.02. The molecule has 1 aliphatic heterocycles. The second-order valence-corrected chi connectivity index (χ2v) is 6.33. The Kier molecular flexibility index (Phi) is 2.30. The van der Waals surface area contributed by atoms with E-state index in [1.165, 1.54) is 19.3 Å². The minimum Gasteiger partial charge on any atom is -0.373 e. The molecule has 2 atom stereocenters. The summed E-state index contributed by atoms with van der Waals surface area (Å²) >= 11 is 0. The van der Waals surface area contributed by atoms with E-state index < -0.39 is 0 Å². The molecule has 2 aliphatic rings. The lowest BCUT2D eigenvalue weighted by Crippen LogP contribution is -2.33. The first-order chi connectivity index (χ1) is 6.94. The number of likely N-dealkylation sites (tertiary alicyclic amines) is 1. The molecule has 2 heteroatoms. The standard InChI is InChI=1S/C13H20N2/c1-12(2)7-11-8-13(3,9-12)10-15(11)6-4-5-14/h4,6,11H,7-10H2,1-3H3. The van der Waals surface area contributed by atoms with Gasteiger partial charge in [0, 0.05) is 24.9 Å². The Bertz CT molecular complexity index is 324. The average Bonchev–Trinajstić information content (AvgIpc) is 2.31. The molecular formula is C13H20N2. The highest BCUT2D eigenvalue weighted by Crippen LogP contribution is 2.52. The lowest BCUT2D eigenvalue weighted by molar-refractivity contribution is 0.131. The normalized spacial score (nSPS) is 38.3. The van der Waals surface area contributed by atoms with Crippen LogP contribution in [0.5, 0.6) is 0 Å². The molecule has 2 unspecified atom stereocenters. The van der Waals surface area contributed by atoms with E-state index in [4.69, 9.17) is 5.26 Å². The average molecular weight is 204 g/mol. The Morgan fingerprint density at radius 2 is 2.07 bits per heavy atom. The summed E-state index contributed by atoms with van der Waals surface area (Å²) < 4.78 is 0. The number of rotatable bonds is 1. The molecular weight excluding hydrogens is 184 g/mol. The van der Waals surface area contributed by atoms with Gasteiger partial charge in [0.15, 0.2) is 0 Å². The fourth-order valence-electron chi connectivity index (χ4n) is 3.81. The number of fused-ring (bicyclic) bond motifs is 2. The Balaban J connectivity index is 2.17. The van der Waals surface area contributed by atoms with E-state index in [1.54, 1.807) is 6.08 Å². The molecule has 1 saturated carbocycles. The maximum Gasteiger partial charge on any atom is 0.0927 e. The van der Waals surface area contributed by atoms with Crippen LogP contribution in [0.15, 0.2) is 12.3 Å². The maximum absolute atomic E-state index is 8.57. The lowest BCUT2D eigenvalue weighted by atomic mass is 9.65. The van der Waals surface area contributed by atoms with Crippen LogP contribution in [0.4, 0.5) is 0 Å². The molecule has 15 heavy (non-hydrogen) atoms. The van der Waals surface area contributed by atoms with Gasteiger partial charge in [-0.2, -0.15) is 5.26 Å². The van der Waals surface area contributed by atoms with Crippen molar-refractivity contribution in [2.75, 3.05) is 6.54 Å². The van der Waals surface area contributed by atoms with Crippen LogP contribution >= 0.6 is 0 Å². The Morgan fingerprint density at radius 3 is 2.73 bits per heavy atom. The van der Waals surface area contributed by atoms with Gasteiger partial charge in [0.2, 0.25) is 0 Å². The number of nitrogens with zero attached hydrogens (tertiary/aromatic N) is 2. The molecule has 0 radical (unpaired) electrons. The molecule has 1 aliphatic carbocycles. The SMILES string of the molecule is CC1(C)CC2CC(C)(CN2C=CC#N)C1. The fourth-order valence-corrected chi connectivity index (χ4v) is 3.81. The molecule has 0 aromatic rings. The molecule has 0 amide bonds. The van der Waals surface area contributed by atoms with Crippen LogP contribution in [0.2, 0.25) is 0 Å². The summed E-state index contributed by atoms with van der Waals surface area (Å²) in [4.78, 5) is 2.37. The fraction of sp³-hybridized carbons (Fsp3) is 0.769. The van der Waals surface area contributed by atoms with Crippen molar-refractivity contribution >= 4 is 0 Å². The van der Waals surface area contributed by atoms with Crippen molar-refractivity contribution < 1.29 is 0 Å². The summed E-state index contributed by atoms with van der Waals surface area (Å²) in [5, 5.41) is 8.57. The molecule has 2 nitrogen and oxygen atoms in total. The van der Waals surface area contributed by atoms with Gasteiger partial charge in [0.05, 0.1) is 6.07 Å². The second-order valence-electron chi connectivity index (χ2n) is 6.33. The predicted octanol–water partition coefficient (Wildman–Crippen LogP) is 2.92. The van der Waals surface area contributed by atoms with E-state index in [2.05, 4.69) is 31.7 Å². The molecule has 2 rings (SSSR count). The van der Waals surface area contributed by atoms with Gasteiger partial charge < -0.3 is 4.90 Å². The van der Waals surface area contributed by atoms with Crippen molar-refractivity contribution in [1.29, 1.82) is 5.26 Å². The van der Waals surface area contributed by atoms with E-state index in [0.717, 1.165) is 6.54 Å². The topological polar surface area (TPSA) is 27.0 Å². The minimum absolute atomic E-state index is 0.464. The zero-order valence-corrected chi connectivity index (χ0v) is 9.95. The van der Waals surface area contributed by atoms with Crippen molar-refractivity contribution in [2.45, 2.75) is 46.1 Å². The van der Waals surface area contributed by atoms with Crippen molar-refractivity contribution in [3.05, 3.63) is 12.3 Å². The monoisotopic (exact) mass is 204 g/mol. The largest absolute Gasteiger partial charge is 0.373 e. The smallest absolute Gasteiger partial charge is 0.0927 e. The third-order valence-electron chi connectivity index (χ3n) is 3.80. The van der Waals surface area contributed by atoms with Crippen molar-refractivity contribution in [3.63, 3.8) is 0 Å². The number of allylic oxidation sites excluding steroid dienone is 1. The molecule has 2 fully saturated rings. The Hall–Kier alpha value is -0.970. The Labute approximate surface area is 92.6 Å². The summed E-state index contributed by atoms with van der Waals surface area (Å²) in [6.07, 6.45) is 7.46. The highest BCUT2D eigenvalue weighted by molar-refractivity contribution is 5.09. The van der Waals surface area contributed by atoms with Crippen LogP contribution in [-0.4, -0.2) is 17.5 Å². The summed E-state index contributed by atoms with van der Waals surface area (Å²) in [6.45, 7) is 8.25. The van der Waals surface area contributed by atoms with E-state index in [0.29, 0.717) is 16.9 Å².